The third-order valence-corrected chi connectivity index (χ3v) is 3.95. The average Bonchev–Trinajstić information content (AvgIpc) is 2.99. The largest absolute Gasteiger partial charge is 0.439 e. The monoisotopic (exact) mass is 313 g/mol. The normalized spacial score (nSPS) is 13.7. The fourth-order valence-electron chi connectivity index (χ4n) is 2.83. The summed E-state index contributed by atoms with van der Waals surface area (Å²) in [6.07, 6.45) is 4.00. The van der Waals surface area contributed by atoms with Gasteiger partial charge in [-0.3, -0.25) is 4.57 Å². The molecule has 1 amide bonds. The molecule has 4 rings (SSSR count). The van der Waals surface area contributed by atoms with Gasteiger partial charge in [0.15, 0.2) is 0 Å². The molecule has 0 aliphatic carbocycles. The lowest BCUT2D eigenvalue weighted by molar-refractivity contribution is 0.251. The molecule has 0 saturated carbocycles. The smallest absolute Gasteiger partial charge is 0.323 e. The van der Waals surface area contributed by atoms with Gasteiger partial charge in [-0.15, -0.1) is 0 Å². The number of hydrogen-bond donors (Lipinski definition) is 2. The van der Waals surface area contributed by atoms with E-state index in [1.165, 1.54) is 10.9 Å². The van der Waals surface area contributed by atoms with Crippen LogP contribution in [0.5, 0.6) is 11.6 Å². The van der Waals surface area contributed by atoms with Gasteiger partial charge < -0.3 is 15.8 Å². The molecular weight excluding hydrogens is 294 g/mol. The van der Waals surface area contributed by atoms with Crippen molar-refractivity contribution in [2.75, 3.05) is 6.54 Å². The molecule has 2 aromatic heterocycles. The van der Waals surface area contributed by atoms with E-state index in [1.807, 2.05) is 18.2 Å². The van der Waals surface area contributed by atoms with Crippen molar-refractivity contribution in [1.29, 1.82) is 0 Å². The molecular formula is C16H19N5O2. The molecule has 0 bridgehead atoms. The van der Waals surface area contributed by atoms with Crippen molar-refractivity contribution in [3.8, 4) is 11.6 Å². The Balaban J connectivity index is 0.00000113. The second-order valence-electron chi connectivity index (χ2n) is 5.38. The molecule has 7 nitrogen and oxygen atoms in total. The number of carbonyl (C=O) groups excluding carboxylic acids is 1. The van der Waals surface area contributed by atoms with Crippen LogP contribution in [0.15, 0.2) is 36.8 Å². The Morgan fingerprint density at radius 3 is 3.13 bits per heavy atom. The highest BCUT2D eigenvalue weighted by atomic mass is 16.5. The van der Waals surface area contributed by atoms with Crippen molar-refractivity contribution in [3.05, 3.63) is 48.0 Å². The Bertz CT molecular complexity index is 913. The van der Waals surface area contributed by atoms with Crippen LogP contribution in [0.4, 0.5) is 4.79 Å². The molecule has 0 atom stereocenters. The lowest BCUT2D eigenvalue weighted by Crippen LogP contribution is -2.25. The Morgan fingerprint density at radius 1 is 1.35 bits per heavy atom. The minimum absolute atomic E-state index is 0. The Labute approximate surface area is 135 Å². The van der Waals surface area contributed by atoms with Crippen LogP contribution in [0.3, 0.4) is 0 Å². The number of benzene rings is 1. The van der Waals surface area contributed by atoms with Gasteiger partial charge in [0.2, 0.25) is 5.88 Å². The highest BCUT2D eigenvalue weighted by molar-refractivity contribution is 5.91. The van der Waals surface area contributed by atoms with E-state index >= 15 is 0 Å². The molecule has 0 spiro atoms. The maximum atomic E-state index is 11.3. The van der Waals surface area contributed by atoms with E-state index in [0.717, 1.165) is 41.7 Å². The number of nitrogens with zero attached hydrogens (tertiary/aromatic N) is 3. The third kappa shape index (κ3) is 2.40. The van der Waals surface area contributed by atoms with Crippen molar-refractivity contribution in [3.63, 3.8) is 0 Å². The minimum atomic E-state index is -0.508. The summed E-state index contributed by atoms with van der Waals surface area (Å²) in [5.74, 6) is 1.25. The lowest BCUT2D eigenvalue weighted by atomic mass is 10.1. The average molecular weight is 313 g/mol. The van der Waals surface area contributed by atoms with Gasteiger partial charge in [-0.25, -0.2) is 14.8 Å². The molecule has 3 aromatic rings. The van der Waals surface area contributed by atoms with Gasteiger partial charge >= 0.3 is 6.03 Å². The minimum Gasteiger partial charge on any atom is -0.439 e. The van der Waals surface area contributed by atoms with E-state index < -0.39 is 6.03 Å². The van der Waals surface area contributed by atoms with Crippen LogP contribution in [0.25, 0.3) is 10.9 Å². The molecule has 7 heteroatoms. The van der Waals surface area contributed by atoms with Crippen LogP contribution in [-0.4, -0.2) is 27.1 Å². The van der Waals surface area contributed by atoms with Gasteiger partial charge in [0.05, 0.1) is 11.2 Å². The summed E-state index contributed by atoms with van der Waals surface area (Å²) >= 11 is 0. The van der Waals surface area contributed by atoms with Gasteiger partial charge in [-0.2, -0.15) is 0 Å². The number of nitrogens with one attached hydrogen (secondary N) is 1. The molecule has 0 radical (unpaired) electrons. The zero-order valence-electron chi connectivity index (χ0n) is 12.3. The summed E-state index contributed by atoms with van der Waals surface area (Å²) in [4.78, 5) is 19.9. The van der Waals surface area contributed by atoms with Crippen LogP contribution in [0, 0.1) is 0 Å². The molecule has 0 fully saturated rings. The van der Waals surface area contributed by atoms with Gasteiger partial charge in [-0.05, 0) is 37.2 Å². The van der Waals surface area contributed by atoms with Crippen LogP contribution in [-0.2, 0) is 13.0 Å². The quantitative estimate of drug-likeness (QED) is 0.757. The van der Waals surface area contributed by atoms with E-state index in [4.69, 9.17) is 10.5 Å². The SMILES string of the molecule is NC(=O)n1ccc2cc(Oc3ncnc4c3CCNC4)ccc21.[HH].[HH]. The number of nitrogens with two attached hydrogens (primary N) is 1. The van der Waals surface area contributed by atoms with Gasteiger partial charge in [0, 0.05) is 26.5 Å². The van der Waals surface area contributed by atoms with Crippen molar-refractivity contribution < 1.29 is 12.4 Å². The zero-order valence-corrected chi connectivity index (χ0v) is 12.3. The van der Waals surface area contributed by atoms with Crippen LogP contribution >= 0.6 is 0 Å². The fourth-order valence-corrected chi connectivity index (χ4v) is 2.83. The first kappa shape index (κ1) is 13.7. The Morgan fingerprint density at radius 2 is 2.26 bits per heavy atom. The number of carbonyl (C=O) groups is 1. The van der Waals surface area contributed by atoms with E-state index in [9.17, 15) is 4.79 Å². The van der Waals surface area contributed by atoms with Crippen LogP contribution < -0.4 is 15.8 Å². The first-order chi connectivity index (χ1) is 11.2. The Kier molecular flexibility index (Phi) is 3.20. The number of ether oxygens (including phenoxy) is 1. The number of aromatic nitrogens is 3. The molecule has 0 unspecified atom stereocenters. The van der Waals surface area contributed by atoms with Crippen LogP contribution in [0.1, 0.15) is 14.1 Å². The highest BCUT2D eigenvalue weighted by Crippen LogP contribution is 2.29. The number of primary amides is 1. The maximum Gasteiger partial charge on any atom is 0.323 e. The molecule has 3 N–H and O–H groups in total. The molecule has 1 aliphatic rings. The molecule has 1 aromatic carbocycles. The molecule has 120 valence electrons. The number of amides is 1. The second-order valence-corrected chi connectivity index (χ2v) is 5.38. The van der Waals surface area contributed by atoms with Crippen molar-refractivity contribution >= 4 is 16.9 Å². The summed E-state index contributed by atoms with van der Waals surface area (Å²) in [7, 11) is 0. The highest BCUT2D eigenvalue weighted by Gasteiger charge is 2.17. The van der Waals surface area contributed by atoms with Crippen molar-refractivity contribution in [1.82, 2.24) is 19.9 Å². The topological polar surface area (TPSA) is 95.1 Å². The molecule has 0 saturated heterocycles. The predicted octanol–water partition coefficient (Wildman–Crippen LogP) is 2.29. The summed E-state index contributed by atoms with van der Waals surface area (Å²) in [6.45, 7) is 1.62. The zero-order chi connectivity index (χ0) is 15.8. The summed E-state index contributed by atoms with van der Waals surface area (Å²) in [6, 6.07) is 6.80. The van der Waals surface area contributed by atoms with Crippen molar-refractivity contribution in [2.24, 2.45) is 5.73 Å². The van der Waals surface area contributed by atoms with E-state index in [2.05, 4.69) is 15.3 Å². The Hall–Kier alpha value is -2.93. The van der Waals surface area contributed by atoms with E-state index in [1.54, 1.807) is 12.3 Å². The van der Waals surface area contributed by atoms with Crippen LogP contribution in [0.2, 0.25) is 0 Å². The van der Waals surface area contributed by atoms with Gasteiger partial charge in [0.1, 0.15) is 12.1 Å². The van der Waals surface area contributed by atoms with Gasteiger partial charge in [0.25, 0.3) is 0 Å². The number of fused-ring (bicyclic) bond motifs is 2. The lowest BCUT2D eigenvalue weighted by Gasteiger charge is -2.18. The van der Waals surface area contributed by atoms with E-state index in [-0.39, 0.29) is 2.85 Å². The molecule has 1 aliphatic heterocycles. The summed E-state index contributed by atoms with van der Waals surface area (Å²) < 4.78 is 7.35. The molecule has 23 heavy (non-hydrogen) atoms. The first-order valence-electron chi connectivity index (χ1n) is 7.34. The fraction of sp³-hybridized carbons (Fsp3) is 0.188. The first-order valence-corrected chi connectivity index (χ1v) is 7.34. The number of hydrogen-bond acceptors (Lipinski definition) is 5. The van der Waals surface area contributed by atoms with Crippen molar-refractivity contribution in [2.45, 2.75) is 13.0 Å². The molecule has 3 heterocycles. The third-order valence-electron chi connectivity index (χ3n) is 3.95. The maximum absolute atomic E-state index is 11.3. The van der Waals surface area contributed by atoms with E-state index in [0.29, 0.717) is 11.6 Å². The second kappa shape index (κ2) is 5.36. The standard InChI is InChI=1S/C16H15N5O2.2H2/c17-16(22)21-6-4-10-7-11(1-2-14(10)21)23-15-12-3-5-18-8-13(12)19-9-20-15;;/h1-2,4,6-7,9,18H,3,5,8H2,(H2,17,22);2*1H. The predicted molar refractivity (Wildman–Crippen MR) is 88.7 cm³/mol. The number of rotatable bonds is 2. The summed E-state index contributed by atoms with van der Waals surface area (Å²) in [5, 5.41) is 4.16. The summed E-state index contributed by atoms with van der Waals surface area (Å²) in [5.41, 5.74) is 8.10. The van der Waals surface area contributed by atoms with Gasteiger partial charge in [-0.1, -0.05) is 0 Å².